The van der Waals surface area contributed by atoms with Gasteiger partial charge >= 0.3 is 0 Å². The zero-order chi connectivity index (χ0) is 17.6. The van der Waals surface area contributed by atoms with Crippen LogP contribution < -0.4 is 20.1 Å². The van der Waals surface area contributed by atoms with E-state index >= 15 is 0 Å². The minimum atomic E-state index is -0.0340. The summed E-state index contributed by atoms with van der Waals surface area (Å²) in [7, 11) is 1.65. The van der Waals surface area contributed by atoms with Crippen molar-refractivity contribution < 1.29 is 9.47 Å². The van der Waals surface area contributed by atoms with Gasteiger partial charge in [-0.05, 0) is 50.8 Å². The Bertz CT molecular complexity index is 483. The van der Waals surface area contributed by atoms with Gasteiger partial charge in [0.1, 0.15) is 6.10 Å². The van der Waals surface area contributed by atoms with Gasteiger partial charge in [0.05, 0.1) is 13.7 Å². The average molecular weight is 354 g/mol. The summed E-state index contributed by atoms with van der Waals surface area (Å²) in [4.78, 5) is 4.61. The Labute approximate surface area is 150 Å². The first-order valence-corrected chi connectivity index (χ1v) is 9.91. The summed E-state index contributed by atoms with van der Waals surface area (Å²) < 4.78 is 11.2. The summed E-state index contributed by atoms with van der Waals surface area (Å²) in [6, 6.07) is 7.67. The lowest BCUT2D eigenvalue weighted by Gasteiger charge is -2.16. The van der Waals surface area contributed by atoms with E-state index in [9.17, 15) is 0 Å². The van der Waals surface area contributed by atoms with Crippen molar-refractivity contribution in [3.63, 3.8) is 0 Å². The van der Waals surface area contributed by atoms with Crippen LogP contribution in [-0.2, 0) is 0 Å². The molecule has 0 aliphatic carbocycles. The molecule has 136 valence electrons. The average Bonchev–Trinajstić information content (AvgIpc) is 2.60. The Morgan fingerprint density at radius 2 is 1.96 bits per heavy atom. The van der Waals surface area contributed by atoms with Gasteiger partial charge in [-0.1, -0.05) is 12.1 Å². The molecule has 5 nitrogen and oxygen atoms in total. The molecule has 1 aromatic rings. The predicted molar refractivity (Wildman–Crippen MR) is 105 cm³/mol. The standard InChI is InChI=1S/C18H31N3O2S/c1-5-19-18(20-12-8-9-13-24-4)21-14-15(2)23-17-11-7-6-10-16(17)22-3/h6-7,10-11,15H,5,8-9,12-14H2,1-4H3,(H2,19,20,21). The maximum Gasteiger partial charge on any atom is 0.191 e. The molecule has 0 saturated heterocycles. The van der Waals surface area contributed by atoms with E-state index in [0.717, 1.165) is 37.0 Å². The molecule has 0 bridgehead atoms. The third-order valence-electron chi connectivity index (χ3n) is 3.32. The van der Waals surface area contributed by atoms with E-state index in [-0.39, 0.29) is 6.10 Å². The van der Waals surface area contributed by atoms with Crippen molar-refractivity contribution in [3.05, 3.63) is 24.3 Å². The SMILES string of the molecule is CCNC(=NCC(C)Oc1ccccc1OC)NCCCCSC. The number of guanidine groups is 1. The van der Waals surface area contributed by atoms with E-state index in [0.29, 0.717) is 6.54 Å². The van der Waals surface area contributed by atoms with Crippen LogP contribution in [0.4, 0.5) is 0 Å². The van der Waals surface area contributed by atoms with Gasteiger partial charge in [0.25, 0.3) is 0 Å². The second kappa shape index (κ2) is 12.8. The highest BCUT2D eigenvalue weighted by Gasteiger charge is 2.08. The summed E-state index contributed by atoms with van der Waals surface area (Å²) in [5.74, 6) is 3.54. The van der Waals surface area contributed by atoms with Crippen molar-refractivity contribution >= 4 is 17.7 Å². The maximum absolute atomic E-state index is 5.93. The molecule has 0 saturated carbocycles. The van der Waals surface area contributed by atoms with Crippen LogP contribution in [0, 0.1) is 0 Å². The van der Waals surface area contributed by atoms with Crippen LogP contribution in [0.2, 0.25) is 0 Å². The molecule has 1 unspecified atom stereocenters. The van der Waals surface area contributed by atoms with E-state index in [1.54, 1.807) is 7.11 Å². The van der Waals surface area contributed by atoms with Crippen molar-refractivity contribution in [2.24, 2.45) is 4.99 Å². The predicted octanol–water partition coefficient (Wildman–Crippen LogP) is 3.16. The maximum atomic E-state index is 5.93. The lowest BCUT2D eigenvalue weighted by molar-refractivity contribution is 0.219. The Morgan fingerprint density at radius 1 is 1.21 bits per heavy atom. The third-order valence-corrected chi connectivity index (χ3v) is 4.01. The van der Waals surface area contributed by atoms with Crippen molar-refractivity contribution in [1.82, 2.24) is 10.6 Å². The number of nitrogens with zero attached hydrogens (tertiary/aromatic N) is 1. The van der Waals surface area contributed by atoms with Crippen LogP contribution in [0.15, 0.2) is 29.3 Å². The van der Waals surface area contributed by atoms with Crippen LogP contribution in [0.5, 0.6) is 11.5 Å². The molecule has 6 heteroatoms. The number of hydrogen-bond donors (Lipinski definition) is 2. The zero-order valence-electron chi connectivity index (χ0n) is 15.3. The number of para-hydroxylation sites is 2. The highest BCUT2D eigenvalue weighted by molar-refractivity contribution is 7.98. The first-order valence-electron chi connectivity index (χ1n) is 8.52. The number of aliphatic imine (C=N–C) groups is 1. The molecule has 24 heavy (non-hydrogen) atoms. The number of nitrogens with one attached hydrogen (secondary N) is 2. The van der Waals surface area contributed by atoms with Crippen molar-refractivity contribution in [2.45, 2.75) is 32.8 Å². The number of methoxy groups -OCH3 is 1. The summed E-state index contributed by atoms with van der Waals surface area (Å²) in [6.07, 6.45) is 4.48. The molecule has 0 heterocycles. The van der Waals surface area contributed by atoms with Crippen molar-refractivity contribution in [1.29, 1.82) is 0 Å². The quantitative estimate of drug-likeness (QED) is 0.364. The van der Waals surface area contributed by atoms with E-state index in [4.69, 9.17) is 9.47 Å². The van der Waals surface area contributed by atoms with Crippen LogP contribution in [0.3, 0.4) is 0 Å². The molecule has 0 spiro atoms. The largest absolute Gasteiger partial charge is 0.493 e. The summed E-state index contributed by atoms with van der Waals surface area (Å²) >= 11 is 1.89. The highest BCUT2D eigenvalue weighted by atomic mass is 32.2. The molecule has 0 aliphatic heterocycles. The van der Waals surface area contributed by atoms with Gasteiger partial charge in [0, 0.05) is 13.1 Å². The molecule has 0 aliphatic rings. The molecule has 0 aromatic heterocycles. The van der Waals surface area contributed by atoms with Crippen molar-refractivity contribution in [2.75, 3.05) is 38.8 Å². The number of unbranched alkanes of at least 4 members (excludes halogenated alkanes) is 1. The van der Waals surface area contributed by atoms with Gasteiger partial charge in [-0.15, -0.1) is 0 Å². The summed E-state index contributed by atoms with van der Waals surface area (Å²) in [5.41, 5.74) is 0. The fraction of sp³-hybridized carbons (Fsp3) is 0.611. The van der Waals surface area contributed by atoms with E-state index < -0.39 is 0 Å². The van der Waals surface area contributed by atoms with Gasteiger partial charge in [-0.2, -0.15) is 11.8 Å². The monoisotopic (exact) mass is 353 g/mol. The van der Waals surface area contributed by atoms with E-state index in [2.05, 4.69) is 28.8 Å². The fourth-order valence-electron chi connectivity index (χ4n) is 2.11. The molecule has 2 N–H and O–H groups in total. The minimum Gasteiger partial charge on any atom is -0.493 e. The Hall–Kier alpha value is -1.56. The number of hydrogen-bond acceptors (Lipinski definition) is 4. The topological polar surface area (TPSA) is 54.9 Å². The van der Waals surface area contributed by atoms with Crippen LogP contribution in [0.25, 0.3) is 0 Å². The van der Waals surface area contributed by atoms with Gasteiger partial charge < -0.3 is 20.1 Å². The third kappa shape index (κ3) is 8.34. The van der Waals surface area contributed by atoms with E-state index in [1.165, 1.54) is 12.2 Å². The van der Waals surface area contributed by atoms with Gasteiger partial charge in [-0.3, -0.25) is 0 Å². The van der Waals surface area contributed by atoms with Crippen molar-refractivity contribution in [3.8, 4) is 11.5 Å². The number of rotatable bonds is 11. The number of ether oxygens (including phenoxy) is 2. The van der Waals surface area contributed by atoms with Crippen LogP contribution >= 0.6 is 11.8 Å². The molecule has 1 rings (SSSR count). The molecule has 0 amide bonds. The summed E-state index contributed by atoms with van der Waals surface area (Å²) in [5, 5.41) is 6.64. The molecular weight excluding hydrogens is 322 g/mol. The van der Waals surface area contributed by atoms with Crippen LogP contribution in [-0.4, -0.2) is 50.8 Å². The van der Waals surface area contributed by atoms with Crippen LogP contribution in [0.1, 0.15) is 26.7 Å². The minimum absolute atomic E-state index is 0.0340. The highest BCUT2D eigenvalue weighted by Crippen LogP contribution is 2.26. The molecule has 0 fully saturated rings. The molecule has 1 aromatic carbocycles. The fourth-order valence-corrected chi connectivity index (χ4v) is 2.60. The van der Waals surface area contributed by atoms with Gasteiger partial charge in [0.15, 0.2) is 17.5 Å². The Kier molecular flexibility index (Phi) is 10.9. The molecule has 0 radical (unpaired) electrons. The smallest absolute Gasteiger partial charge is 0.191 e. The molecule has 1 atom stereocenters. The lowest BCUT2D eigenvalue weighted by Crippen LogP contribution is -2.38. The normalized spacial score (nSPS) is 12.6. The van der Waals surface area contributed by atoms with Gasteiger partial charge in [0.2, 0.25) is 0 Å². The zero-order valence-corrected chi connectivity index (χ0v) is 16.1. The molecular formula is C18H31N3O2S. The Balaban J connectivity index is 2.46. The second-order valence-corrected chi connectivity index (χ2v) is 6.41. The lowest BCUT2D eigenvalue weighted by atomic mass is 10.3. The van der Waals surface area contributed by atoms with Gasteiger partial charge in [-0.25, -0.2) is 4.99 Å². The van der Waals surface area contributed by atoms with E-state index in [1.807, 2.05) is 43.0 Å². The first kappa shape index (κ1) is 20.5. The number of thioether (sulfide) groups is 1. The second-order valence-electron chi connectivity index (χ2n) is 5.43. The first-order chi connectivity index (χ1) is 11.7. The number of benzene rings is 1. The Morgan fingerprint density at radius 3 is 2.62 bits per heavy atom. The summed E-state index contributed by atoms with van der Waals surface area (Å²) in [6.45, 7) is 6.45.